The van der Waals surface area contributed by atoms with E-state index in [1.807, 2.05) is 0 Å². The Bertz CT molecular complexity index is 766. The van der Waals surface area contributed by atoms with Gasteiger partial charge in [0.1, 0.15) is 5.82 Å². The summed E-state index contributed by atoms with van der Waals surface area (Å²) in [6.45, 7) is 2.74. The van der Waals surface area contributed by atoms with E-state index >= 15 is 0 Å². The van der Waals surface area contributed by atoms with Crippen LogP contribution in [0.15, 0.2) is 36.7 Å². The molecule has 0 aliphatic carbocycles. The summed E-state index contributed by atoms with van der Waals surface area (Å²) in [5, 5.41) is 5.85. The van der Waals surface area contributed by atoms with E-state index in [0.717, 1.165) is 5.56 Å². The van der Waals surface area contributed by atoms with Crippen molar-refractivity contribution in [2.24, 2.45) is 0 Å². The molecule has 0 bridgehead atoms. The molecule has 1 aliphatic rings. The number of carbonyl (C=O) groups excluding carboxylic acids is 2. The van der Waals surface area contributed by atoms with Crippen molar-refractivity contribution < 1.29 is 14.0 Å². The average molecular weight is 380 g/mol. The lowest BCUT2D eigenvalue weighted by molar-refractivity contribution is 0.0722. The first-order chi connectivity index (χ1) is 12.1. The van der Waals surface area contributed by atoms with Crippen LogP contribution in [-0.4, -0.2) is 52.9 Å². The number of nitrogens with zero attached hydrogens (tertiary/aromatic N) is 3. The van der Waals surface area contributed by atoms with Crippen molar-refractivity contribution in [3.05, 3.63) is 59.4 Å². The maximum absolute atomic E-state index is 12.9. The summed E-state index contributed by atoms with van der Waals surface area (Å²) in [4.78, 5) is 34.8. The zero-order valence-electron chi connectivity index (χ0n) is 13.9. The van der Waals surface area contributed by atoms with Crippen LogP contribution in [0.4, 0.5) is 4.39 Å². The lowest BCUT2D eigenvalue weighted by Gasteiger charge is -2.27. The van der Waals surface area contributed by atoms with Crippen molar-refractivity contribution in [1.82, 2.24) is 25.5 Å². The summed E-state index contributed by atoms with van der Waals surface area (Å²) in [6, 6.07) is 5.81. The van der Waals surface area contributed by atoms with Crippen molar-refractivity contribution in [3.8, 4) is 0 Å². The predicted molar refractivity (Wildman–Crippen MR) is 95.6 cm³/mol. The molecule has 1 saturated heterocycles. The third-order valence-electron chi connectivity index (χ3n) is 3.89. The highest BCUT2D eigenvalue weighted by Crippen LogP contribution is 2.08. The molecular formula is C17H19ClFN5O2. The van der Waals surface area contributed by atoms with Crippen LogP contribution in [0.2, 0.25) is 0 Å². The summed E-state index contributed by atoms with van der Waals surface area (Å²) < 4.78 is 12.9. The quantitative estimate of drug-likeness (QED) is 0.828. The van der Waals surface area contributed by atoms with Crippen LogP contribution in [-0.2, 0) is 6.54 Å². The van der Waals surface area contributed by atoms with Gasteiger partial charge in [0.05, 0.1) is 0 Å². The minimum absolute atomic E-state index is 0. The van der Waals surface area contributed by atoms with Gasteiger partial charge in [0, 0.05) is 45.1 Å². The molecular weight excluding hydrogens is 361 g/mol. The van der Waals surface area contributed by atoms with E-state index in [0.29, 0.717) is 26.2 Å². The molecule has 2 heterocycles. The number of piperazine rings is 1. The lowest BCUT2D eigenvalue weighted by atomic mass is 10.2. The monoisotopic (exact) mass is 379 g/mol. The zero-order chi connectivity index (χ0) is 17.6. The Morgan fingerprint density at radius 3 is 2.35 bits per heavy atom. The normalized spacial score (nSPS) is 13.7. The lowest BCUT2D eigenvalue weighted by Crippen LogP contribution is -2.47. The van der Waals surface area contributed by atoms with Crippen molar-refractivity contribution in [2.75, 3.05) is 26.2 Å². The fraction of sp³-hybridized carbons (Fsp3) is 0.294. The fourth-order valence-corrected chi connectivity index (χ4v) is 2.55. The van der Waals surface area contributed by atoms with Crippen LogP contribution in [0, 0.1) is 5.82 Å². The van der Waals surface area contributed by atoms with Gasteiger partial charge in [0.25, 0.3) is 11.8 Å². The Hall–Kier alpha value is -2.58. The van der Waals surface area contributed by atoms with Gasteiger partial charge in [-0.3, -0.25) is 9.59 Å². The van der Waals surface area contributed by atoms with E-state index in [-0.39, 0.29) is 42.1 Å². The minimum Gasteiger partial charge on any atom is -0.347 e. The van der Waals surface area contributed by atoms with Gasteiger partial charge in [-0.2, -0.15) is 0 Å². The van der Waals surface area contributed by atoms with Gasteiger partial charge in [-0.15, -0.1) is 12.4 Å². The van der Waals surface area contributed by atoms with Gasteiger partial charge in [0.15, 0.2) is 11.4 Å². The van der Waals surface area contributed by atoms with Gasteiger partial charge in [-0.1, -0.05) is 12.1 Å². The van der Waals surface area contributed by atoms with Crippen LogP contribution in [0.25, 0.3) is 0 Å². The molecule has 0 spiro atoms. The van der Waals surface area contributed by atoms with Gasteiger partial charge < -0.3 is 15.5 Å². The standard InChI is InChI=1S/C17H18FN5O2.ClH/c18-13-3-1-12(2-4-13)11-22-16(24)14-15(21-6-5-20-14)17(25)23-9-7-19-8-10-23;/h1-6,19H,7-11H2,(H,22,24);1H. The van der Waals surface area contributed by atoms with Crippen molar-refractivity contribution in [3.63, 3.8) is 0 Å². The molecule has 26 heavy (non-hydrogen) atoms. The first-order valence-electron chi connectivity index (χ1n) is 7.99. The second-order valence-corrected chi connectivity index (χ2v) is 5.60. The maximum atomic E-state index is 12.9. The molecule has 1 aromatic carbocycles. The van der Waals surface area contributed by atoms with E-state index < -0.39 is 5.91 Å². The first-order valence-corrected chi connectivity index (χ1v) is 7.99. The predicted octanol–water partition coefficient (Wildman–Crippen LogP) is 1.01. The molecule has 2 amide bonds. The van der Waals surface area contributed by atoms with Gasteiger partial charge >= 0.3 is 0 Å². The highest BCUT2D eigenvalue weighted by Gasteiger charge is 2.25. The summed E-state index contributed by atoms with van der Waals surface area (Å²) in [6.07, 6.45) is 2.77. The number of nitrogens with one attached hydrogen (secondary N) is 2. The van der Waals surface area contributed by atoms with Crippen LogP contribution < -0.4 is 10.6 Å². The molecule has 138 valence electrons. The number of halogens is 2. The number of amides is 2. The third-order valence-corrected chi connectivity index (χ3v) is 3.89. The SMILES string of the molecule is Cl.O=C(NCc1ccc(F)cc1)c1nccnc1C(=O)N1CCNCC1. The third kappa shape index (κ3) is 4.74. The Morgan fingerprint density at radius 1 is 1.08 bits per heavy atom. The van der Waals surface area contributed by atoms with Crippen molar-refractivity contribution in [2.45, 2.75) is 6.54 Å². The molecule has 1 aliphatic heterocycles. The van der Waals surface area contributed by atoms with Gasteiger partial charge in [-0.25, -0.2) is 14.4 Å². The number of rotatable bonds is 4. The molecule has 1 fully saturated rings. The largest absolute Gasteiger partial charge is 0.347 e. The molecule has 2 N–H and O–H groups in total. The van der Waals surface area contributed by atoms with Crippen LogP contribution in [0.5, 0.6) is 0 Å². The number of benzene rings is 1. The number of carbonyl (C=O) groups is 2. The molecule has 2 aromatic rings. The van der Waals surface area contributed by atoms with E-state index in [1.165, 1.54) is 24.5 Å². The average Bonchev–Trinajstić information content (AvgIpc) is 2.67. The Labute approximate surface area is 156 Å². The Balaban J connectivity index is 0.00000243. The molecule has 0 unspecified atom stereocenters. The van der Waals surface area contributed by atoms with Crippen LogP contribution >= 0.6 is 12.4 Å². The van der Waals surface area contributed by atoms with Gasteiger partial charge in [0.2, 0.25) is 0 Å². The van der Waals surface area contributed by atoms with E-state index in [2.05, 4.69) is 20.6 Å². The van der Waals surface area contributed by atoms with E-state index in [1.54, 1.807) is 17.0 Å². The van der Waals surface area contributed by atoms with Crippen molar-refractivity contribution >= 4 is 24.2 Å². The van der Waals surface area contributed by atoms with E-state index in [4.69, 9.17) is 0 Å². The smallest absolute Gasteiger partial charge is 0.275 e. The molecule has 0 atom stereocenters. The molecule has 0 radical (unpaired) electrons. The van der Waals surface area contributed by atoms with Crippen molar-refractivity contribution in [1.29, 1.82) is 0 Å². The molecule has 1 aromatic heterocycles. The minimum atomic E-state index is -0.490. The Kier molecular flexibility index (Phi) is 6.99. The Morgan fingerprint density at radius 2 is 1.69 bits per heavy atom. The molecule has 0 saturated carbocycles. The second-order valence-electron chi connectivity index (χ2n) is 5.60. The summed E-state index contributed by atoms with van der Waals surface area (Å²) >= 11 is 0. The number of hydrogen-bond acceptors (Lipinski definition) is 5. The summed E-state index contributed by atoms with van der Waals surface area (Å²) in [5.74, 6) is -1.13. The van der Waals surface area contributed by atoms with Crippen LogP contribution in [0.3, 0.4) is 0 Å². The number of aromatic nitrogens is 2. The molecule has 7 nitrogen and oxygen atoms in total. The molecule has 9 heteroatoms. The highest BCUT2D eigenvalue weighted by molar-refractivity contribution is 6.04. The maximum Gasteiger partial charge on any atom is 0.275 e. The fourth-order valence-electron chi connectivity index (χ4n) is 2.55. The summed E-state index contributed by atoms with van der Waals surface area (Å²) in [7, 11) is 0. The number of hydrogen-bond donors (Lipinski definition) is 2. The topological polar surface area (TPSA) is 87.2 Å². The highest BCUT2D eigenvalue weighted by atomic mass is 35.5. The van der Waals surface area contributed by atoms with Gasteiger partial charge in [-0.05, 0) is 17.7 Å². The second kappa shape index (κ2) is 9.21. The van der Waals surface area contributed by atoms with Crippen LogP contribution in [0.1, 0.15) is 26.5 Å². The zero-order valence-corrected chi connectivity index (χ0v) is 14.8. The first kappa shape index (κ1) is 19.7. The molecule has 3 rings (SSSR count). The van der Waals surface area contributed by atoms with E-state index in [9.17, 15) is 14.0 Å². The summed E-state index contributed by atoms with van der Waals surface area (Å²) in [5.41, 5.74) is 0.780.